The average molecular weight is 414 g/mol. The van der Waals surface area contributed by atoms with E-state index in [2.05, 4.69) is 15.9 Å². The van der Waals surface area contributed by atoms with Crippen molar-refractivity contribution in [1.82, 2.24) is 13.9 Å². The number of amides is 2. The van der Waals surface area contributed by atoms with Crippen LogP contribution in [-0.4, -0.2) is 55.1 Å². The number of piperazine rings is 1. The van der Waals surface area contributed by atoms with Gasteiger partial charge in [-0.3, -0.25) is 9.59 Å². The molecule has 0 bridgehead atoms. The average Bonchev–Trinajstić information content (AvgIpc) is 3.29. The number of hydrogen-bond acceptors (Lipinski definition) is 4. The highest BCUT2D eigenvalue weighted by molar-refractivity contribution is 9.10. The molecule has 3 aliphatic rings. The topological polar surface area (TPSA) is 86.8 Å². The van der Waals surface area contributed by atoms with Gasteiger partial charge < -0.3 is 4.90 Å². The van der Waals surface area contributed by atoms with E-state index in [0.29, 0.717) is 6.54 Å². The first-order valence-corrected chi connectivity index (χ1v) is 9.98. The van der Waals surface area contributed by atoms with Crippen molar-refractivity contribution in [2.75, 3.05) is 19.6 Å². The van der Waals surface area contributed by atoms with Crippen molar-refractivity contribution in [3.63, 3.8) is 0 Å². The van der Waals surface area contributed by atoms with Gasteiger partial charge in [-0.1, -0.05) is 34.1 Å². The van der Waals surface area contributed by atoms with Crippen molar-refractivity contribution in [1.29, 1.82) is 0 Å². The third-order valence-corrected chi connectivity index (χ3v) is 7.13. The Morgan fingerprint density at radius 3 is 2.75 bits per heavy atom. The minimum Gasteiger partial charge on any atom is -0.339 e. The van der Waals surface area contributed by atoms with Gasteiger partial charge in [-0.25, -0.2) is 4.72 Å². The molecule has 3 unspecified atom stereocenters. The first kappa shape index (κ1) is 16.0. The molecule has 1 aromatic carbocycles. The summed E-state index contributed by atoms with van der Waals surface area (Å²) >= 11 is 3.52. The lowest BCUT2D eigenvalue weighted by Crippen LogP contribution is -2.55. The van der Waals surface area contributed by atoms with Crippen LogP contribution in [0.25, 0.3) is 0 Å². The lowest BCUT2D eigenvalue weighted by atomic mass is 10.1. The first-order valence-electron chi connectivity index (χ1n) is 7.75. The normalized spacial score (nSPS) is 31.5. The van der Waals surface area contributed by atoms with Gasteiger partial charge in [-0.2, -0.15) is 12.7 Å². The molecule has 1 saturated carbocycles. The van der Waals surface area contributed by atoms with Crippen molar-refractivity contribution < 1.29 is 18.0 Å². The number of fused-ring (bicyclic) bond motifs is 1. The lowest BCUT2D eigenvalue weighted by Gasteiger charge is -2.34. The van der Waals surface area contributed by atoms with Crippen LogP contribution in [0.2, 0.25) is 0 Å². The fourth-order valence-corrected chi connectivity index (χ4v) is 5.45. The quantitative estimate of drug-likeness (QED) is 0.761. The van der Waals surface area contributed by atoms with Gasteiger partial charge in [0.15, 0.2) is 0 Å². The summed E-state index contributed by atoms with van der Waals surface area (Å²) in [6.07, 6.45) is 0.789. The van der Waals surface area contributed by atoms with Crippen LogP contribution in [-0.2, 0) is 19.8 Å². The molecule has 1 aliphatic carbocycles. The number of carbonyl (C=O) groups excluding carboxylic acids is 2. The van der Waals surface area contributed by atoms with Crippen LogP contribution in [0.3, 0.4) is 0 Å². The van der Waals surface area contributed by atoms with E-state index in [0.717, 1.165) is 20.8 Å². The van der Waals surface area contributed by atoms with Crippen LogP contribution in [0.1, 0.15) is 17.9 Å². The number of rotatable bonds is 2. The van der Waals surface area contributed by atoms with Crippen LogP contribution in [0.5, 0.6) is 0 Å². The zero-order valence-corrected chi connectivity index (χ0v) is 15.1. The van der Waals surface area contributed by atoms with Gasteiger partial charge in [0.05, 0.1) is 0 Å². The van der Waals surface area contributed by atoms with Gasteiger partial charge >= 0.3 is 10.2 Å². The van der Waals surface area contributed by atoms with E-state index in [9.17, 15) is 18.0 Å². The second-order valence-corrected chi connectivity index (χ2v) is 8.83. The maximum absolute atomic E-state index is 12.7. The van der Waals surface area contributed by atoms with Crippen molar-refractivity contribution in [3.8, 4) is 0 Å². The van der Waals surface area contributed by atoms with Gasteiger partial charge in [-0.15, -0.1) is 0 Å². The highest BCUT2D eigenvalue weighted by Crippen LogP contribution is 2.50. The molecule has 1 aromatic rings. The van der Waals surface area contributed by atoms with E-state index in [1.807, 2.05) is 29.0 Å². The Bertz CT molecular complexity index is 828. The second kappa shape index (κ2) is 5.53. The zero-order chi connectivity index (χ0) is 17.1. The van der Waals surface area contributed by atoms with E-state index < -0.39 is 22.2 Å². The molecular formula is C15H16BrN3O4S. The summed E-state index contributed by atoms with van der Waals surface area (Å²) in [5, 5.41) is 0. The summed E-state index contributed by atoms with van der Waals surface area (Å²) in [5.74, 6) is -0.443. The fourth-order valence-electron chi connectivity index (χ4n) is 3.54. The van der Waals surface area contributed by atoms with Gasteiger partial charge in [0.2, 0.25) is 5.91 Å². The first-order chi connectivity index (χ1) is 11.4. The Labute approximate surface area is 148 Å². The minimum absolute atomic E-state index is 0.00695. The van der Waals surface area contributed by atoms with Gasteiger partial charge in [-0.05, 0) is 24.0 Å². The van der Waals surface area contributed by atoms with E-state index in [1.165, 1.54) is 0 Å². The van der Waals surface area contributed by atoms with Gasteiger partial charge in [0.1, 0.15) is 6.04 Å². The SMILES string of the molecule is O=C1NS(=O)(=O)N2CCN(C(=O)C3CC3c3ccccc3Br)CC12. The number of carbonyl (C=O) groups is 2. The number of halogens is 1. The Morgan fingerprint density at radius 2 is 2.00 bits per heavy atom. The third-order valence-electron chi connectivity index (χ3n) is 4.90. The largest absolute Gasteiger partial charge is 0.339 e. The van der Waals surface area contributed by atoms with E-state index in [-0.39, 0.29) is 30.8 Å². The highest BCUT2D eigenvalue weighted by atomic mass is 79.9. The summed E-state index contributed by atoms with van der Waals surface area (Å²) in [7, 11) is -3.72. The van der Waals surface area contributed by atoms with E-state index in [4.69, 9.17) is 0 Å². The number of nitrogens with one attached hydrogen (secondary N) is 1. The summed E-state index contributed by atoms with van der Waals surface area (Å²) in [6, 6.07) is 7.06. The Morgan fingerprint density at radius 1 is 1.25 bits per heavy atom. The molecular weight excluding hydrogens is 398 g/mol. The summed E-state index contributed by atoms with van der Waals surface area (Å²) in [6.45, 7) is 0.607. The molecule has 7 nitrogen and oxygen atoms in total. The molecule has 0 spiro atoms. The van der Waals surface area contributed by atoms with Crippen molar-refractivity contribution in [2.45, 2.75) is 18.4 Å². The molecule has 1 N–H and O–H groups in total. The van der Waals surface area contributed by atoms with Crippen LogP contribution >= 0.6 is 15.9 Å². The fraction of sp³-hybridized carbons (Fsp3) is 0.467. The monoisotopic (exact) mass is 413 g/mol. The summed E-state index contributed by atoms with van der Waals surface area (Å²) in [4.78, 5) is 26.2. The van der Waals surface area contributed by atoms with Gasteiger partial charge in [0.25, 0.3) is 5.91 Å². The third kappa shape index (κ3) is 2.55. The second-order valence-electron chi connectivity index (χ2n) is 6.35. The smallest absolute Gasteiger partial charge is 0.304 e. The van der Waals surface area contributed by atoms with E-state index in [1.54, 1.807) is 4.90 Å². The van der Waals surface area contributed by atoms with Crippen LogP contribution < -0.4 is 4.72 Å². The molecule has 2 saturated heterocycles. The predicted octanol–water partition coefficient (Wildman–Crippen LogP) is 0.440. The molecule has 9 heteroatoms. The van der Waals surface area contributed by atoms with Crippen molar-refractivity contribution in [3.05, 3.63) is 34.3 Å². The summed E-state index contributed by atoms with van der Waals surface area (Å²) in [5.41, 5.74) is 1.12. The molecule has 24 heavy (non-hydrogen) atoms. The summed E-state index contributed by atoms with van der Waals surface area (Å²) < 4.78 is 27.7. The molecule has 0 aromatic heterocycles. The number of benzene rings is 1. The minimum atomic E-state index is -3.72. The van der Waals surface area contributed by atoms with Crippen LogP contribution in [0, 0.1) is 5.92 Å². The van der Waals surface area contributed by atoms with Crippen LogP contribution in [0.15, 0.2) is 28.7 Å². The molecule has 128 valence electrons. The predicted molar refractivity (Wildman–Crippen MR) is 89.1 cm³/mol. The number of nitrogens with zero attached hydrogens (tertiary/aromatic N) is 2. The maximum atomic E-state index is 12.7. The molecule has 4 rings (SSSR count). The Hall–Kier alpha value is -1.45. The lowest BCUT2D eigenvalue weighted by molar-refractivity contribution is -0.136. The number of hydrogen-bond donors (Lipinski definition) is 1. The van der Waals surface area contributed by atoms with Crippen molar-refractivity contribution in [2.24, 2.45) is 5.92 Å². The van der Waals surface area contributed by atoms with Gasteiger partial charge in [0, 0.05) is 30.0 Å². The Kier molecular flexibility index (Phi) is 3.70. The van der Waals surface area contributed by atoms with Crippen LogP contribution in [0.4, 0.5) is 0 Å². The Balaban J connectivity index is 1.46. The highest BCUT2D eigenvalue weighted by Gasteiger charge is 2.51. The molecule has 3 atom stereocenters. The zero-order valence-electron chi connectivity index (χ0n) is 12.7. The molecule has 0 radical (unpaired) electrons. The van der Waals surface area contributed by atoms with Crippen molar-refractivity contribution >= 4 is 38.0 Å². The molecule has 2 aliphatic heterocycles. The van der Waals surface area contributed by atoms with E-state index >= 15 is 0 Å². The standard InChI is InChI=1S/C15H16BrN3O4S/c16-12-4-2-1-3-9(12)10-7-11(10)15(21)18-5-6-19-13(8-18)14(20)17-24(19,22)23/h1-4,10-11,13H,5-8H2,(H,17,20). The maximum Gasteiger partial charge on any atom is 0.304 e. The molecule has 3 fully saturated rings. The molecule has 2 heterocycles. The molecule has 2 amide bonds.